The quantitative estimate of drug-likeness (QED) is 0.725. The highest BCUT2D eigenvalue weighted by atomic mass is 16.1. The first-order valence-corrected chi connectivity index (χ1v) is 5.61. The summed E-state index contributed by atoms with van der Waals surface area (Å²) in [5.41, 5.74) is 11.4. The lowest BCUT2D eigenvalue weighted by Crippen LogP contribution is -2.24. The fourth-order valence-corrected chi connectivity index (χ4v) is 1.86. The van der Waals surface area contributed by atoms with Gasteiger partial charge in [0, 0.05) is 12.0 Å². The molecule has 0 fully saturated rings. The fraction of sp³-hybridized carbons (Fsp3) is 0.308. The summed E-state index contributed by atoms with van der Waals surface area (Å²) in [4.78, 5) is 33.7. The molecule has 0 aliphatic rings. The third kappa shape index (κ3) is 3.41. The van der Waals surface area contributed by atoms with Gasteiger partial charge in [0.15, 0.2) is 5.78 Å². The zero-order valence-electron chi connectivity index (χ0n) is 10.2. The number of Topliss-reactive ketones (excluding diaryl/α,β-unsaturated/α-hetero) is 1. The van der Waals surface area contributed by atoms with E-state index < -0.39 is 17.7 Å². The number of rotatable bonds is 6. The molecule has 2 amide bonds. The largest absolute Gasteiger partial charge is 0.370 e. The van der Waals surface area contributed by atoms with Gasteiger partial charge in [-0.1, -0.05) is 24.3 Å². The molecule has 0 heterocycles. The second kappa shape index (κ2) is 5.95. The van der Waals surface area contributed by atoms with Crippen LogP contribution in [0.1, 0.15) is 41.6 Å². The van der Waals surface area contributed by atoms with Crippen LogP contribution in [-0.2, 0) is 9.59 Å². The molecular formula is C13H16N2O3. The summed E-state index contributed by atoms with van der Waals surface area (Å²) in [6, 6.07) is 6.75. The highest BCUT2D eigenvalue weighted by Crippen LogP contribution is 2.24. The zero-order valence-corrected chi connectivity index (χ0v) is 10.2. The topological polar surface area (TPSA) is 103 Å². The van der Waals surface area contributed by atoms with Crippen LogP contribution in [0.3, 0.4) is 0 Å². The third-order valence-electron chi connectivity index (χ3n) is 2.74. The lowest BCUT2D eigenvalue weighted by atomic mass is 9.88. The number of ketones is 1. The number of benzene rings is 1. The van der Waals surface area contributed by atoms with Gasteiger partial charge in [-0.05, 0) is 18.9 Å². The van der Waals surface area contributed by atoms with Crippen LogP contribution in [0.5, 0.6) is 0 Å². The van der Waals surface area contributed by atoms with Crippen molar-refractivity contribution >= 4 is 17.6 Å². The smallest absolute Gasteiger partial charge is 0.225 e. The van der Waals surface area contributed by atoms with Crippen molar-refractivity contribution in [1.29, 1.82) is 0 Å². The molecule has 1 unspecified atom stereocenters. The van der Waals surface area contributed by atoms with Crippen molar-refractivity contribution in [2.45, 2.75) is 25.7 Å². The minimum Gasteiger partial charge on any atom is -0.370 e. The Morgan fingerprint density at radius 3 is 2.28 bits per heavy atom. The number of carbonyl (C=O) groups is 3. The standard InChI is InChI=1S/C13H16N2O3/c1-8(16)9-4-2-3-5-10(9)11(13(15)18)6-7-12(14)17/h2-5,11H,6-7H2,1H3,(H2,14,17)(H2,15,18). The molecule has 96 valence electrons. The van der Waals surface area contributed by atoms with Gasteiger partial charge in [-0.25, -0.2) is 0 Å². The van der Waals surface area contributed by atoms with Crippen molar-refractivity contribution < 1.29 is 14.4 Å². The second-order valence-electron chi connectivity index (χ2n) is 4.10. The lowest BCUT2D eigenvalue weighted by molar-refractivity contribution is -0.120. The van der Waals surface area contributed by atoms with E-state index in [0.29, 0.717) is 11.1 Å². The molecule has 1 aromatic carbocycles. The molecule has 0 spiro atoms. The Morgan fingerprint density at radius 2 is 1.78 bits per heavy atom. The van der Waals surface area contributed by atoms with Crippen LogP contribution in [0.2, 0.25) is 0 Å². The lowest BCUT2D eigenvalue weighted by Gasteiger charge is -2.15. The van der Waals surface area contributed by atoms with Gasteiger partial charge in [0.05, 0.1) is 5.92 Å². The molecule has 1 atom stereocenters. The molecular weight excluding hydrogens is 232 g/mol. The second-order valence-corrected chi connectivity index (χ2v) is 4.10. The van der Waals surface area contributed by atoms with Crippen molar-refractivity contribution in [3.8, 4) is 0 Å². The highest BCUT2D eigenvalue weighted by Gasteiger charge is 2.22. The minimum absolute atomic E-state index is 0.0554. The Kier molecular flexibility index (Phi) is 4.59. The Hall–Kier alpha value is -2.17. The fourth-order valence-electron chi connectivity index (χ4n) is 1.86. The number of primary amides is 2. The van der Waals surface area contributed by atoms with Crippen molar-refractivity contribution in [3.63, 3.8) is 0 Å². The summed E-state index contributed by atoms with van der Waals surface area (Å²) < 4.78 is 0. The van der Waals surface area contributed by atoms with Crippen LogP contribution < -0.4 is 11.5 Å². The number of hydrogen-bond acceptors (Lipinski definition) is 3. The van der Waals surface area contributed by atoms with E-state index in [2.05, 4.69) is 0 Å². The maximum atomic E-state index is 11.5. The first kappa shape index (κ1) is 13.9. The number of nitrogens with two attached hydrogens (primary N) is 2. The van der Waals surface area contributed by atoms with E-state index in [9.17, 15) is 14.4 Å². The van der Waals surface area contributed by atoms with Crippen molar-refractivity contribution in [2.24, 2.45) is 11.5 Å². The predicted molar refractivity (Wildman–Crippen MR) is 66.8 cm³/mol. The molecule has 5 nitrogen and oxygen atoms in total. The van der Waals surface area contributed by atoms with Crippen molar-refractivity contribution in [2.75, 3.05) is 0 Å². The van der Waals surface area contributed by atoms with E-state index in [1.165, 1.54) is 6.92 Å². The normalized spacial score (nSPS) is 11.8. The average Bonchev–Trinajstić information content (AvgIpc) is 2.28. The number of hydrogen-bond donors (Lipinski definition) is 2. The summed E-state index contributed by atoms with van der Waals surface area (Å²) in [6.45, 7) is 1.42. The number of carbonyl (C=O) groups excluding carboxylic acids is 3. The summed E-state index contributed by atoms with van der Waals surface area (Å²) in [6.07, 6.45) is 0.273. The molecule has 0 aliphatic heterocycles. The maximum Gasteiger partial charge on any atom is 0.225 e. The van der Waals surface area contributed by atoms with Gasteiger partial charge in [-0.15, -0.1) is 0 Å². The Balaban J connectivity index is 3.09. The molecule has 1 aromatic rings. The highest BCUT2D eigenvalue weighted by molar-refractivity contribution is 5.97. The summed E-state index contributed by atoms with van der Waals surface area (Å²) in [7, 11) is 0. The monoisotopic (exact) mass is 248 g/mol. The molecule has 0 bridgehead atoms. The maximum absolute atomic E-state index is 11.5. The van der Waals surface area contributed by atoms with Gasteiger partial charge in [-0.3, -0.25) is 14.4 Å². The van der Waals surface area contributed by atoms with Gasteiger partial charge in [0.1, 0.15) is 0 Å². The molecule has 1 rings (SSSR count). The van der Waals surface area contributed by atoms with Gasteiger partial charge in [-0.2, -0.15) is 0 Å². The van der Waals surface area contributed by atoms with Crippen LogP contribution >= 0.6 is 0 Å². The van der Waals surface area contributed by atoms with Gasteiger partial charge < -0.3 is 11.5 Å². The van der Waals surface area contributed by atoms with E-state index in [0.717, 1.165) is 0 Å². The zero-order chi connectivity index (χ0) is 13.7. The minimum atomic E-state index is -0.669. The Bertz CT molecular complexity index is 483. The van der Waals surface area contributed by atoms with E-state index in [-0.39, 0.29) is 18.6 Å². The molecule has 18 heavy (non-hydrogen) atoms. The van der Waals surface area contributed by atoms with Crippen LogP contribution in [0.15, 0.2) is 24.3 Å². The molecule has 0 aliphatic carbocycles. The SMILES string of the molecule is CC(=O)c1ccccc1C(CCC(N)=O)C(N)=O. The van der Waals surface area contributed by atoms with Crippen LogP contribution in [0, 0.1) is 0 Å². The Labute approximate surface area is 105 Å². The van der Waals surface area contributed by atoms with Crippen LogP contribution in [-0.4, -0.2) is 17.6 Å². The van der Waals surface area contributed by atoms with Gasteiger partial charge in [0.25, 0.3) is 0 Å². The summed E-state index contributed by atoms with van der Waals surface area (Å²) >= 11 is 0. The van der Waals surface area contributed by atoms with Crippen molar-refractivity contribution in [1.82, 2.24) is 0 Å². The molecule has 0 saturated heterocycles. The summed E-state index contributed by atoms with van der Waals surface area (Å²) in [5, 5.41) is 0. The van der Waals surface area contributed by atoms with E-state index >= 15 is 0 Å². The molecule has 0 saturated carbocycles. The Morgan fingerprint density at radius 1 is 1.17 bits per heavy atom. The predicted octanol–water partition coefficient (Wildman–Crippen LogP) is 0.724. The molecule has 4 N–H and O–H groups in total. The molecule has 0 radical (unpaired) electrons. The summed E-state index contributed by atoms with van der Waals surface area (Å²) in [5.74, 6) is -1.87. The first-order chi connectivity index (χ1) is 8.43. The van der Waals surface area contributed by atoms with E-state index in [1.807, 2.05) is 0 Å². The van der Waals surface area contributed by atoms with Crippen LogP contribution in [0.25, 0.3) is 0 Å². The number of amides is 2. The molecule has 5 heteroatoms. The average molecular weight is 248 g/mol. The van der Waals surface area contributed by atoms with Crippen LogP contribution in [0.4, 0.5) is 0 Å². The molecule has 0 aromatic heterocycles. The van der Waals surface area contributed by atoms with Crippen molar-refractivity contribution in [3.05, 3.63) is 35.4 Å². The van der Waals surface area contributed by atoms with Gasteiger partial charge >= 0.3 is 0 Å². The van der Waals surface area contributed by atoms with Gasteiger partial charge in [0.2, 0.25) is 11.8 Å². The van der Waals surface area contributed by atoms with E-state index in [4.69, 9.17) is 11.5 Å². The first-order valence-electron chi connectivity index (χ1n) is 5.61. The third-order valence-corrected chi connectivity index (χ3v) is 2.74. The van der Waals surface area contributed by atoms with E-state index in [1.54, 1.807) is 24.3 Å².